The number of sulfonamides is 1. The van der Waals surface area contributed by atoms with Crippen molar-refractivity contribution in [2.24, 2.45) is 0 Å². The van der Waals surface area contributed by atoms with E-state index in [0.29, 0.717) is 22.9 Å². The fourth-order valence-electron chi connectivity index (χ4n) is 3.44. The molecule has 0 unspecified atom stereocenters. The van der Waals surface area contributed by atoms with Gasteiger partial charge in [-0.2, -0.15) is 4.68 Å². The summed E-state index contributed by atoms with van der Waals surface area (Å²) in [6.07, 6.45) is 0. The van der Waals surface area contributed by atoms with Crippen molar-refractivity contribution in [3.8, 4) is 5.69 Å². The predicted octanol–water partition coefficient (Wildman–Crippen LogP) is 4.09. The van der Waals surface area contributed by atoms with Crippen LogP contribution in [0.25, 0.3) is 5.69 Å². The first-order valence-corrected chi connectivity index (χ1v) is 12.2. The van der Waals surface area contributed by atoms with Gasteiger partial charge in [0.15, 0.2) is 5.82 Å². The van der Waals surface area contributed by atoms with Gasteiger partial charge in [-0.1, -0.05) is 35.9 Å². The van der Waals surface area contributed by atoms with Gasteiger partial charge in [-0.3, -0.25) is 9.10 Å². The standard InChI is InChI=1S/C23H21ClN6O3S/c1-3-29(18-9-5-4-6-10-18)34(32,33)20-12-13-22(24)21(15-20)23(31)25-17-8-7-11-19(14-17)30-16(2)26-27-28-30/h4-15H,3H2,1-2H3,(H,25,31). The Labute approximate surface area is 202 Å². The van der Waals surface area contributed by atoms with Crippen molar-refractivity contribution in [2.75, 3.05) is 16.2 Å². The van der Waals surface area contributed by atoms with Crippen LogP contribution in [-0.4, -0.2) is 41.1 Å². The molecule has 3 aromatic carbocycles. The molecule has 1 N–H and O–H groups in total. The van der Waals surface area contributed by atoms with Crippen LogP contribution in [0, 0.1) is 6.92 Å². The largest absolute Gasteiger partial charge is 0.322 e. The highest BCUT2D eigenvalue weighted by atomic mass is 35.5. The highest BCUT2D eigenvalue weighted by Gasteiger charge is 2.25. The van der Waals surface area contributed by atoms with Crippen LogP contribution in [0.15, 0.2) is 77.7 Å². The van der Waals surface area contributed by atoms with Gasteiger partial charge in [0.2, 0.25) is 0 Å². The molecule has 0 radical (unpaired) electrons. The molecule has 0 saturated carbocycles. The normalized spacial score (nSPS) is 11.3. The monoisotopic (exact) mass is 496 g/mol. The van der Waals surface area contributed by atoms with Crippen molar-refractivity contribution < 1.29 is 13.2 Å². The molecule has 0 spiro atoms. The number of rotatable bonds is 7. The molecule has 174 valence electrons. The smallest absolute Gasteiger partial charge is 0.264 e. The number of carbonyl (C=O) groups is 1. The van der Waals surface area contributed by atoms with Crippen LogP contribution in [0.2, 0.25) is 5.02 Å². The topological polar surface area (TPSA) is 110 Å². The zero-order valence-electron chi connectivity index (χ0n) is 18.4. The molecule has 0 aliphatic rings. The van der Waals surface area contributed by atoms with E-state index in [0.717, 1.165) is 0 Å². The maximum atomic E-state index is 13.3. The van der Waals surface area contributed by atoms with Crippen molar-refractivity contribution in [1.29, 1.82) is 0 Å². The van der Waals surface area contributed by atoms with Crippen LogP contribution in [0.4, 0.5) is 11.4 Å². The number of nitrogens with one attached hydrogen (secondary N) is 1. The second-order valence-corrected chi connectivity index (χ2v) is 9.56. The van der Waals surface area contributed by atoms with Gasteiger partial charge in [0.1, 0.15) is 0 Å². The Morgan fingerprint density at radius 1 is 1.06 bits per heavy atom. The van der Waals surface area contributed by atoms with Crippen LogP contribution in [0.5, 0.6) is 0 Å². The van der Waals surface area contributed by atoms with Crippen molar-refractivity contribution in [3.05, 3.63) is 89.2 Å². The Kier molecular flexibility index (Phi) is 6.62. The first-order chi connectivity index (χ1) is 16.3. The van der Waals surface area contributed by atoms with E-state index in [9.17, 15) is 13.2 Å². The summed E-state index contributed by atoms with van der Waals surface area (Å²) >= 11 is 6.27. The Balaban J connectivity index is 1.64. The van der Waals surface area contributed by atoms with Crippen molar-refractivity contribution in [3.63, 3.8) is 0 Å². The zero-order chi connectivity index (χ0) is 24.3. The van der Waals surface area contributed by atoms with E-state index < -0.39 is 15.9 Å². The molecule has 11 heteroatoms. The highest BCUT2D eigenvalue weighted by Crippen LogP contribution is 2.27. The number of halogens is 1. The minimum Gasteiger partial charge on any atom is -0.322 e. The second-order valence-electron chi connectivity index (χ2n) is 7.29. The summed E-state index contributed by atoms with van der Waals surface area (Å²) < 4.78 is 29.5. The predicted molar refractivity (Wildman–Crippen MR) is 130 cm³/mol. The average Bonchev–Trinajstić information content (AvgIpc) is 3.26. The number of aryl methyl sites for hydroxylation is 1. The van der Waals surface area contributed by atoms with Crippen LogP contribution in [0.3, 0.4) is 0 Å². The van der Waals surface area contributed by atoms with Crippen LogP contribution < -0.4 is 9.62 Å². The lowest BCUT2D eigenvalue weighted by atomic mass is 10.2. The number of amides is 1. The van der Waals surface area contributed by atoms with E-state index >= 15 is 0 Å². The summed E-state index contributed by atoms with van der Waals surface area (Å²) in [6.45, 7) is 3.72. The van der Waals surface area contributed by atoms with Crippen molar-refractivity contribution in [1.82, 2.24) is 20.2 Å². The van der Waals surface area contributed by atoms with E-state index in [-0.39, 0.29) is 22.0 Å². The van der Waals surface area contributed by atoms with Crippen LogP contribution in [-0.2, 0) is 10.0 Å². The number of anilines is 2. The van der Waals surface area contributed by atoms with Crippen LogP contribution in [0.1, 0.15) is 23.1 Å². The lowest BCUT2D eigenvalue weighted by Gasteiger charge is -2.23. The molecule has 0 aliphatic heterocycles. The third-order valence-corrected chi connectivity index (χ3v) is 7.30. The maximum absolute atomic E-state index is 13.3. The highest BCUT2D eigenvalue weighted by molar-refractivity contribution is 7.92. The van der Waals surface area contributed by atoms with Gasteiger partial charge >= 0.3 is 0 Å². The fraction of sp³-hybridized carbons (Fsp3) is 0.130. The second kappa shape index (κ2) is 9.62. The van der Waals surface area contributed by atoms with E-state index in [1.54, 1.807) is 62.4 Å². The molecule has 0 aliphatic carbocycles. The minimum atomic E-state index is -3.92. The maximum Gasteiger partial charge on any atom is 0.264 e. The molecule has 34 heavy (non-hydrogen) atoms. The summed E-state index contributed by atoms with van der Waals surface area (Å²) in [6, 6.07) is 19.8. The molecule has 1 heterocycles. The number of hydrogen-bond acceptors (Lipinski definition) is 6. The number of benzene rings is 3. The summed E-state index contributed by atoms with van der Waals surface area (Å²) in [4.78, 5) is 13.0. The van der Waals surface area contributed by atoms with Gasteiger partial charge in [0.25, 0.3) is 15.9 Å². The summed E-state index contributed by atoms with van der Waals surface area (Å²) in [5.41, 5.74) is 1.70. The number of tetrazole rings is 1. The first-order valence-electron chi connectivity index (χ1n) is 10.4. The number of aromatic nitrogens is 4. The molecule has 1 aromatic heterocycles. The fourth-order valence-corrected chi connectivity index (χ4v) is 5.14. The summed E-state index contributed by atoms with van der Waals surface area (Å²) in [5.74, 6) is 0.0405. The van der Waals surface area contributed by atoms with E-state index in [4.69, 9.17) is 11.6 Å². The van der Waals surface area contributed by atoms with Gasteiger partial charge in [0.05, 0.1) is 26.9 Å². The zero-order valence-corrected chi connectivity index (χ0v) is 20.0. The van der Waals surface area contributed by atoms with Gasteiger partial charge in [-0.25, -0.2) is 8.42 Å². The molecule has 0 saturated heterocycles. The number of hydrogen-bond donors (Lipinski definition) is 1. The molecule has 0 fully saturated rings. The molecule has 9 nitrogen and oxygen atoms in total. The third-order valence-electron chi connectivity index (χ3n) is 5.08. The molecule has 0 bridgehead atoms. The summed E-state index contributed by atoms with van der Waals surface area (Å²) in [5, 5.41) is 14.3. The number of carbonyl (C=O) groups excluding carboxylic acids is 1. The SMILES string of the molecule is CCN(c1ccccc1)S(=O)(=O)c1ccc(Cl)c(C(=O)Nc2cccc(-n3nnnc3C)c2)c1. The Morgan fingerprint density at radius 3 is 2.50 bits per heavy atom. The molecule has 4 aromatic rings. The minimum absolute atomic E-state index is 0.0363. The van der Waals surface area contributed by atoms with Crippen LogP contribution >= 0.6 is 11.6 Å². The Hall–Kier alpha value is -3.76. The van der Waals surface area contributed by atoms with Crippen molar-refractivity contribution in [2.45, 2.75) is 18.7 Å². The van der Waals surface area contributed by atoms with E-state index in [1.165, 1.54) is 27.2 Å². The number of nitrogens with zero attached hydrogens (tertiary/aromatic N) is 5. The van der Waals surface area contributed by atoms with Gasteiger partial charge in [-0.15, -0.1) is 5.10 Å². The Morgan fingerprint density at radius 2 is 1.82 bits per heavy atom. The van der Waals surface area contributed by atoms with E-state index in [1.807, 2.05) is 6.07 Å². The van der Waals surface area contributed by atoms with Gasteiger partial charge < -0.3 is 5.32 Å². The average molecular weight is 497 g/mol. The Bertz CT molecular complexity index is 1440. The summed E-state index contributed by atoms with van der Waals surface area (Å²) in [7, 11) is -3.92. The van der Waals surface area contributed by atoms with Gasteiger partial charge in [0, 0.05) is 12.2 Å². The quantitative estimate of drug-likeness (QED) is 0.412. The number of para-hydroxylation sites is 1. The lowest BCUT2D eigenvalue weighted by molar-refractivity contribution is 0.102. The molecule has 4 rings (SSSR count). The third kappa shape index (κ3) is 4.63. The molecule has 1 amide bonds. The molecular formula is C23H21ClN6O3S. The first kappa shape index (κ1) is 23.4. The molecule has 0 atom stereocenters. The lowest BCUT2D eigenvalue weighted by Crippen LogP contribution is -2.31. The van der Waals surface area contributed by atoms with Crippen molar-refractivity contribution >= 4 is 38.9 Å². The molecular weight excluding hydrogens is 476 g/mol. The van der Waals surface area contributed by atoms with Gasteiger partial charge in [-0.05, 0) is 72.8 Å². The van der Waals surface area contributed by atoms with E-state index in [2.05, 4.69) is 20.8 Å².